The molecule has 0 fully saturated rings. The van der Waals surface area contributed by atoms with E-state index in [-0.39, 0.29) is 6.61 Å². The van der Waals surface area contributed by atoms with Gasteiger partial charge in [0, 0.05) is 13.2 Å². The van der Waals surface area contributed by atoms with Crippen LogP contribution in [0.5, 0.6) is 0 Å². The number of carbonyl (C=O) groups excluding carboxylic acids is 1. The first kappa shape index (κ1) is 31.9. The Hall–Kier alpha value is -1.15. The lowest BCUT2D eigenvalue weighted by Gasteiger charge is -2.08. The Bertz CT molecular complexity index is 410. The van der Waals surface area contributed by atoms with Gasteiger partial charge in [-0.3, -0.25) is 0 Å². The topological polar surface area (TPSA) is 109 Å². The molecule has 0 N–H and O–H groups in total. The minimum atomic E-state index is -0.456. The van der Waals surface area contributed by atoms with Gasteiger partial charge in [-0.25, -0.2) is 4.79 Å². The van der Waals surface area contributed by atoms with Gasteiger partial charge in [0.2, 0.25) is 0 Å². The molecule has 11 heteroatoms. The van der Waals surface area contributed by atoms with E-state index in [4.69, 9.17) is 47.4 Å². The number of carbonyl (C=O) groups is 1. The highest BCUT2D eigenvalue weighted by molar-refractivity contribution is 5.81. The molecule has 0 aromatic rings. The first-order valence-electron chi connectivity index (χ1n) is 11.2. The molecule has 0 saturated heterocycles. The molecule has 11 nitrogen and oxygen atoms in total. The molecule has 0 aliphatic carbocycles. The highest BCUT2D eigenvalue weighted by atomic mass is 16.6. The summed E-state index contributed by atoms with van der Waals surface area (Å²) in [6, 6.07) is 0. The van der Waals surface area contributed by atoms with E-state index in [9.17, 15) is 4.79 Å². The molecule has 0 atom stereocenters. The zero-order valence-corrected chi connectivity index (χ0v) is 20.0. The standard InChI is InChI=1S/C22H42O11/c1-3-22(23)33-21-20-32-19-18-31-17-16-30-15-14-29-13-12-28-11-10-27-9-8-26-7-6-25-5-4-24-2/h3H,1,4-21H2,2H3. The third-order valence-corrected chi connectivity index (χ3v) is 3.67. The van der Waals surface area contributed by atoms with Crippen LogP contribution in [-0.4, -0.2) is 132 Å². The van der Waals surface area contributed by atoms with E-state index in [0.29, 0.717) is 112 Å². The molecule has 0 aromatic heterocycles. The fourth-order valence-electron chi connectivity index (χ4n) is 2.04. The monoisotopic (exact) mass is 482 g/mol. The van der Waals surface area contributed by atoms with E-state index in [2.05, 4.69) is 6.58 Å². The first-order chi connectivity index (χ1) is 16.3. The second-order valence-electron chi connectivity index (χ2n) is 6.26. The Morgan fingerprint density at radius 1 is 0.485 bits per heavy atom. The Kier molecular flexibility index (Phi) is 27.9. The number of ether oxygens (including phenoxy) is 10. The van der Waals surface area contributed by atoms with Gasteiger partial charge in [0.1, 0.15) is 6.61 Å². The summed E-state index contributed by atoms with van der Waals surface area (Å²) in [6.45, 7) is 12.1. The molecule has 33 heavy (non-hydrogen) atoms. The normalized spacial score (nSPS) is 11.1. The van der Waals surface area contributed by atoms with E-state index in [0.717, 1.165) is 6.08 Å². The molecule has 0 amide bonds. The molecule has 0 heterocycles. The highest BCUT2D eigenvalue weighted by Gasteiger charge is 1.96. The Balaban J connectivity index is 3.02. The maximum Gasteiger partial charge on any atom is 0.330 e. The van der Waals surface area contributed by atoms with Crippen LogP contribution in [0.25, 0.3) is 0 Å². The predicted octanol–water partition coefficient (Wildman–Crippen LogP) is 0.495. The van der Waals surface area contributed by atoms with Crippen molar-refractivity contribution in [3.8, 4) is 0 Å². The van der Waals surface area contributed by atoms with Crippen LogP contribution >= 0.6 is 0 Å². The fraction of sp³-hybridized carbons (Fsp3) is 0.864. The number of methoxy groups -OCH3 is 1. The predicted molar refractivity (Wildman–Crippen MR) is 120 cm³/mol. The van der Waals surface area contributed by atoms with Crippen LogP contribution in [0.2, 0.25) is 0 Å². The average molecular weight is 483 g/mol. The van der Waals surface area contributed by atoms with Crippen LogP contribution < -0.4 is 0 Å². The van der Waals surface area contributed by atoms with Crippen LogP contribution in [-0.2, 0) is 52.2 Å². The molecule has 0 aromatic carbocycles. The first-order valence-corrected chi connectivity index (χ1v) is 11.2. The summed E-state index contributed by atoms with van der Waals surface area (Å²) in [5.41, 5.74) is 0. The number of hydrogen-bond acceptors (Lipinski definition) is 11. The van der Waals surface area contributed by atoms with Gasteiger partial charge in [0.25, 0.3) is 0 Å². The van der Waals surface area contributed by atoms with Gasteiger partial charge in [0.05, 0.1) is 112 Å². The van der Waals surface area contributed by atoms with Crippen molar-refractivity contribution in [2.45, 2.75) is 0 Å². The minimum absolute atomic E-state index is 0.204. The molecule has 0 spiro atoms. The van der Waals surface area contributed by atoms with Crippen LogP contribution in [0, 0.1) is 0 Å². The lowest BCUT2D eigenvalue weighted by molar-refractivity contribution is -0.139. The summed E-state index contributed by atoms with van der Waals surface area (Å²) in [6.07, 6.45) is 1.11. The molecule has 0 unspecified atom stereocenters. The van der Waals surface area contributed by atoms with Crippen molar-refractivity contribution >= 4 is 5.97 Å². The molecular formula is C22H42O11. The summed E-state index contributed by atoms with van der Waals surface area (Å²) < 4.78 is 52.5. The smallest absolute Gasteiger partial charge is 0.330 e. The molecule has 0 aliphatic heterocycles. The molecular weight excluding hydrogens is 440 g/mol. The van der Waals surface area contributed by atoms with Crippen LogP contribution in [0.15, 0.2) is 12.7 Å². The quantitative estimate of drug-likeness (QED) is 0.0883. The van der Waals surface area contributed by atoms with Gasteiger partial charge in [-0.05, 0) is 0 Å². The largest absolute Gasteiger partial charge is 0.460 e. The third kappa shape index (κ3) is 28.8. The third-order valence-electron chi connectivity index (χ3n) is 3.67. The lowest BCUT2D eigenvalue weighted by Crippen LogP contribution is -2.15. The Labute approximate surface area is 197 Å². The Morgan fingerprint density at radius 3 is 0.970 bits per heavy atom. The van der Waals surface area contributed by atoms with Crippen molar-refractivity contribution in [3.63, 3.8) is 0 Å². The fourth-order valence-corrected chi connectivity index (χ4v) is 2.04. The summed E-state index contributed by atoms with van der Waals surface area (Å²) >= 11 is 0. The number of rotatable bonds is 28. The molecule has 0 rings (SSSR count). The van der Waals surface area contributed by atoms with Crippen LogP contribution in [0.3, 0.4) is 0 Å². The molecule has 0 radical (unpaired) electrons. The minimum Gasteiger partial charge on any atom is -0.460 e. The molecule has 0 saturated carbocycles. The van der Waals surface area contributed by atoms with E-state index < -0.39 is 5.97 Å². The number of hydrogen-bond donors (Lipinski definition) is 0. The van der Waals surface area contributed by atoms with E-state index in [1.54, 1.807) is 7.11 Å². The lowest BCUT2D eigenvalue weighted by atomic mass is 10.6. The van der Waals surface area contributed by atoms with Gasteiger partial charge in [0.15, 0.2) is 0 Å². The molecule has 0 aliphatic rings. The second kappa shape index (κ2) is 28.9. The van der Waals surface area contributed by atoms with E-state index in [1.807, 2.05) is 0 Å². The van der Waals surface area contributed by atoms with Crippen molar-refractivity contribution in [2.75, 3.05) is 126 Å². The van der Waals surface area contributed by atoms with Gasteiger partial charge >= 0.3 is 5.97 Å². The van der Waals surface area contributed by atoms with Gasteiger partial charge in [-0.15, -0.1) is 0 Å². The number of esters is 1. The maximum absolute atomic E-state index is 10.8. The average Bonchev–Trinajstić information content (AvgIpc) is 2.83. The van der Waals surface area contributed by atoms with Crippen LogP contribution in [0.4, 0.5) is 0 Å². The Morgan fingerprint density at radius 2 is 0.727 bits per heavy atom. The summed E-state index contributed by atoms with van der Waals surface area (Å²) in [4.78, 5) is 10.8. The summed E-state index contributed by atoms with van der Waals surface area (Å²) in [5, 5.41) is 0. The van der Waals surface area contributed by atoms with E-state index >= 15 is 0 Å². The SMILES string of the molecule is C=CC(=O)OCCOCCOCCOCCOCCOCCOCCOCCOCCOC. The highest BCUT2D eigenvalue weighted by Crippen LogP contribution is 1.86. The van der Waals surface area contributed by atoms with Gasteiger partial charge in [-0.1, -0.05) is 6.58 Å². The zero-order chi connectivity index (χ0) is 24.1. The molecule has 0 bridgehead atoms. The van der Waals surface area contributed by atoms with Crippen molar-refractivity contribution in [1.29, 1.82) is 0 Å². The van der Waals surface area contributed by atoms with E-state index in [1.165, 1.54) is 0 Å². The van der Waals surface area contributed by atoms with Crippen molar-refractivity contribution < 1.29 is 52.2 Å². The van der Waals surface area contributed by atoms with Crippen molar-refractivity contribution in [2.24, 2.45) is 0 Å². The summed E-state index contributed by atoms with van der Waals surface area (Å²) in [7, 11) is 1.64. The maximum atomic E-state index is 10.8. The second-order valence-corrected chi connectivity index (χ2v) is 6.26. The van der Waals surface area contributed by atoms with Crippen molar-refractivity contribution in [1.82, 2.24) is 0 Å². The zero-order valence-electron chi connectivity index (χ0n) is 20.0. The van der Waals surface area contributed by atoms with Gasteiger partial charge < -0.3 is 47.4 Å². The summed E-state index contributed by atoms with van der Waals surface area (Å²) in [5.74, 6) is -0.456. The molecule has 196 valence electrons. The van der Waals surface area contributed by atoms with Crippen molar-refractivity contribution in [3.05, 3.63) is 12.7 Å². The van der Waals surface area contributed by atoms with Gasteiger partial charge in [-0.2, -0.15) is 0 Å². The van der Waals surface area contributed by atoms with Crippen LogP contribution in [0.1, 0.15) is 0 Å².